The van der Waals surface area contributed by atoms with Crippen LogP contribution in [0.25, 0.3) is 0 Å². The zero-order valence-electron chi connectivity index (χ0n) is 12.8. The molecule has 0 aromatic heterocycles. The van der Waals surface area contributed by atoms with Crippen LogP contribution in [0.4, 0.5) is 0 Å². The fraction of sp³-hybridized carbons (Fsp3) is 0.667. The van der Waals surface area contributed by atoms with Gasteiger partial charge in [-0.3, -0.25) is 0 Å². The second kappa shape index (κ2) is 5.66. The zero-order chi connectivity index (χ0) is 14.0. The fourth-order valence-electron chi connectivity index (χ4n) is 3.65. The van der Waals surface area contributed by atoms with Crippen LogP contribution >= 0.6 is 0 Å². The quantitative estimate of drug-likeness (QED) is 0.854. The van der Waals surface area contributed by atoms with E-state index in [0.717, 1.165) is 24.7 Å². The summed E-state index contributed by atoms with van der Waals surface area (Å²) in [7, 11) is 0. The summed E-state index contributed by atoms with van der Waals surface area (Å²) in [5.74, 6) is 1.86. The van der Waals surface area contributed by atoms with Gasteiger partial charge in [-0.2, -0.15) is 0 Å². The molecule has 0 aliphatic heterocycles. The molecule has 0 unspecified atom stereocenters. The highest BCUT2D eigenvalue weighted by Crippen LogP contribution is 2.44. The predicted molar refractivity (Wildman–Crippen MR) is 81.1 cm³/mol. The minimum absolute atomic E-state index is 0.0498. The maximum absolute atomic E-state index is 10.5. The highest BCUT2D eigenvalue weighted by Gasteiger charge is 2.40. The molecule has 1 N–H and O–H groups in total. The van der Waals surface area contributed by atoms with Gasteiger partial charge in [0.15, 0.2) is 0 Å². The number of benzene rings is 1. The van der Waals surface area contributed by atoms with Gasteiger partial charge in [-0.15, -0.1) is 0 Å². The maximum atomic E-state index is 10.5. The van der Waals surface area contributed by atoms with Crippen LogP contribution in [0.2, 0.25) is 0 Å². The van der Waals surface area contributed by atoms with E-state index in [1.54, 1.807) is 0 Å². The van der Waals surface area contributed by atoms with Crippen molar-refractivity contribution in [3.8, 4) is 0 Å². The van der Waals surface area contributed by atoms with Crippen LogP contribution in [0.3, 0.4) is 0 Å². The summed E-state index contributed by atoms with van der Waals surface area (Å²) in [4.78, 5) is 0. The lowest BCUT2D eigenvalue weighted by Gasteiger charge is -2.44. The summed E-state index contributed by atoms with van der Waals surface area (Å²) in [5, 5.41) is 10.5. The highest BCUT2D eigenvalue weighted by molar-refractivity contribution is 5.25. The third kappa shape index (κ3) is 3.02. The lowest BCUT2D eigenvalue weighted by molar-refractivity contribution is 0.00350. The van der Waals surface area contributed by atoms with E-state index >= 15 is 0 Å². The standard InChI is InChI=1S/C18H28O/c1-13(2)14-10-11-17(19)16(12-14)18(3,4)15-8-6-5-7-9-15/h5-9,13-14,16-17,19H,10-12H2,1-4H3/t14-,16-,17-/m0/s1. The van der Waals surface area contributed by atoms with Crippen LogP contribution in [0.5, 0.6) is 0 Å². The maximum Gasteiger partial charge on any atom is 0.0576 e. The molecule has 1 aliphatic rings. The Kier molecular flexibility index (Phi) is 4.35. The Balaban J connectivity index is 2.22. The molecule has 3 atom stereocenters. The van der Waals surface area contributed by atoms with Crippen molar-refractivity contribution >= 4 is 0 Å². The Labute approximate surface area is 118 Å². The number of hydrogen-bond acceptors (Lipinski definition) is 1. The summed E-state index contributed by atoms with van der Waals surface area (Å²) in [6, 6.07) is 10.7. The SMILES string of the molecule is CC(C)[C@H]1CC[C@H](O)[C@@H](C(C)(C)c2ccccc2)C1. The van der Waals surface area contributed by atoms with Gasteiger partial charge < -0.3 is 5.11 Å². The van der Waals surface area contributed by atoms with Gasteiger partial charge in [-0.05, 0) is 48.0 Å². The molecular weight excluding hydrogens is 232 g/mol. The van der Waals surface area contributed by atoms with Gasteiger partial charge >= 0.3 is 0 Å². The second-order valence-electron chi connectivity index (χ2n) is 7.08. The van der Waals surface area contributed by atoms with Gasteiger partial charge in [0.05, 0.1) is 6.10 Å². The van der Waals surface area contributed by atoms with Crippen molar-refractivity contribution < 1.29 is 5.11 Å². The molecule has 106 valence electrons. The van der Waals surface area contributed by atoms with Crippen molar-refractivity contribution in [2.45, 2.75) is 58.5 Å². The van der Waals surface area contributed by atoms with Gasteiger partial charge in [0.2, 0.25) is 0 Å². The minimum atomic E-state index is -0.148. The first-order valence-electron chi connectivity index (χ1n) is 7.66. The number of rotatable bonds is 3. The summed E-state index contributed by atoms with van der Waals surface area (Å²) < 4.78 is 0. The Morgan fingerprint density at radius 1 is 1.11 bits per heavy atom. The topological polar surface area (TPSA) is 20.2 Å². The summed E-state index contributed by atoms with van der Waals surface area (Å²) in [6.45, 7) is 9.21. The molecule has 0 radical (unpaired) electrons. The third-order valence-corrected chi connectivity index (χ3v) is 5.24. The molecule has 0 saturated heterocycles. The minimum Gasteiger partial charge on any atom is -0.393 e. The molecule has 0 heterocycles. The molecule has 2 rings (SSSR count). The molecule has 1 fully saturated rings. The first-order chi connectivity index (χ1) is 8.93. The van der Waals surface area contributed by atoms with Gasteiger partial charge in [-0.1, -0.05) is 58.0 Å². The number of hydrogen-bond donors (Lipinski definition) is 1. The number of aliphatic hydroxyl groups excluding tert-OH is 1. The van der Waals surface area contributed by atoms with Crippen molar-refractivity contribution in [1.82, 2.24) is 0 Å². The van der Waals surface area contributed by atoms with Crippen LogP contribution < -0.4 is 0 Å². The molecule has 19 heavy (non-hydrogen) atoms. The van der Waals surface area contributed by atoms with E-state index in [2.05, 4.69) is 58.0 Å². The molecule has 1 saturated carbocycles. The van der Waals surface area contributed by atoms with Crippen LogP contribution in [0, 0.1) is 17.8 Å². The lowest BCUT2D eigenvalue weighted by Crippen LogP contribution is -2.42. The van der Waals surface area contributed by atoms with E-state index in [9.17, 15) is 5.11 Å². The second-order valence-corrected chi connectivity index (χ2v) is 7.08. The van der Waals surface area contributed by atoms with Gasteiger partial charge in [0, 0.05) is 0 Å². The van der Waals surface area contributed by atoms with Gasteiger partial charge in [0.1, 0.15) is 0 Å². The molecular formula is C18H28O. The molecule has 1 nitrogen and oxygen atoms in total. The fourth-order valence-corrected chi connectivity index (χ4v) is 3.65. The molecule has 0 bridgehead atoms. The first-order valence-corrected chi connectivity index (χ1v) is 7.66. The monoisotopic (exact) mass is 260 g/mol. The molecule has 1 aliphatic carbocycles. The third-order valence-electron chi connectivity index (χ3n) is 5.24. The molecule has 1 aromatic carbocycles. The van der Waals surface area contributed by atoms with E-state index < -0.39 is 0 Å². The van der Waals surface area contributed by atoms with Crippen molar-refractivity contribution in [3.63, 3.8) is 0 Å². The van der Waals surface area contributed by atoms with Gasteiger partial charge in [-0.25, -0.2) is 0 Å². The smallest absolute Gasteiger partial charge is 0.0576 e. The van der Waals surface area contributed by atoms with Crippen LogP contribution in [0.1, 0.15) is 52.5 Å². The highest BCUT2D eigenvalue weighted by atomic mass is 16.3. The van der Waals surface area contributed by atoms with Crippen molar-refractivity contribution in [3.05, 3.63) is 35.9 Å². The molecule has 0 amide bonds. The van der Waals surface area contributed by atoms with E-state index in [0.29, 0.717) is 5.92 Å². The van der Waals surface area contributed by atoms with Crippen LogP contribution in [0.15, 0.2) is 30.3 Å². The van der Waals surface area contributed by atoms with E-state index in [1.807, 2.05) is 0 Å². The zero-order valence-corrected chi connectivity index (χ0v) is 12.8. The lowest BCUT2D eigenvalue weighted by atomic mass is 9.62. The van der Waals surface area contributed by atoms with E-state index in [-0.39, 0.29) is 11.5 Å². The Bertz CT molecular complexity index is 393. The first kappa shape index (κ1) is 14.6. The average Bonchev–Trinajstić information content (AvgIpc) is 2.39. The van der Waals surface area contributed by atoms with E-state index in [1.165, 1.54) is 12.0 Å². The molecule has 0 spiro atoms. The van der Waals surface area contributed by atoms with E-state index in [4.69, 9.17) is 0 Å². The normalized spacial score (nSPS) is 28.6. The van der Waals surface area contributed by atoms with Gasteiger partial charge in [0.25, 0.3) is 0 Å². The van der Waals surface area contributed by atoms with Crippen LogP contribution in [-0.2, 0) is 5.41 Å². The Morgan fingerprint density at radius 2 is 1.74 bits per heavy atom. The number of aliphatic hydroxyl groups is 1. The van der Waals surface area contributed by atoms with Crippen LogP contribution in [-0.4, -0.2) is 11.2 Å². The molecule has 1 aromatic rings. The Morgan fingerprint density at radius 3 is 2.32 bits per heavy atom. The average molecular weight is 260 g/mol. The summed E-state index contributed by atoms with van der Waals surface area (Å²) in [6.07, 6.45) is 3.15. The van der Waals surface area contributed by atoms with Crippen molar-refractivity contribution in [2.24, 2.45) is 17.8 Å². The van der Waals surface area contributed by atoms with Crippen molar-refractivity contribution in [1.29, 1.82) is 0 Å². The molecule has 1 heteroatoms. The predicted octanol–water partition coefficient (Wildman–Crippen LogP) is 4.40. The summed E-state index contributed by atoms with van der Waals surface area (Å²) >= 11 is 0. The largest absolute Gasteiger partial charge is 0.393 e. The summed E-state index contributed by atoms with van der Waals surface area (Å²) in [5.41, 5.74) is 1.40. The van der Waals surface area contributed by atoms with Crippen molar-refractivity contribution in [2.75, 3.05) is 0 Å². The Hall–Kier alpha value is -0.820.